The molecule has 1 heterocycles. The van der Waals surface area contributed by atoms with E-state index in [1.807, 2.05) is 24.3 Å². The maximum atomic E-state index is 13.0. The molecule has 0 aliphatic carbocycles. The second kappa shape index (κ2) is 5.89. The molecule has 0 bridgehead atoms. The Balaban J connectivity index is 1.96. The van der Waals surface area contributed by atoms with E-state index < -0.39 is 0 Å². The van der Waals surface area contributed by atoms with E-state index in [1.54, 1.807) is 24.5 Å². The zero-order chi connectivity index (χ0) is 14.7. The fourth-order valence-electron chi connectivity index (χ4n) is 2.39. The maximum Gasteiger partial charge on any atom is 0.123 e. The van der Waals surface area contributed by atoms with Gasteiger partial charge in [0, 0.05) is 29.0 Å². The minimum absolute atomic E-state index is 0.0763. The number of rotatable bonds is 4. The molecular weight excluding hydrogens is 267 g/mol. The number of fused-ring (bicyclic) bond motifs is 1. The molecule has 0 radical (unpaired) electrons. The van der Waals surface area contributed by atoms with Crippen molar-refractivity contribution in [3.63, 3.8) is 0 Å². The number of hydrogen-bond acceptors (Lipinski definition) is 3. The van der Waals surface area contributed by atoms with Gasteiger partial charge in [-0.15, -0.1) is 0 Å². The molecule has 1 unspecified atom stereocenters. The number of pyridine rings is 1. The maximum absolute atomic E-state index is 13.0. The Bertz CT molecular complexity index is 738. The van der Waals surface area contributed by atoms with Crippen molar-refractivity contribution in [3.05, 3.63) is 72.3 Å². The zero-order valence-electron chi connectivity index (χ0n) is 11.3. The van der Waals surface area contributed by atoms with Crippen LogP contribution in [0.15, 0.2) is 60.9 Å². The standard InChI is InChI=1S/C17H15FN2O/c18-13-5-7-14(8-6-13)20-17(11-21)16-10-19-9-12-3-1-2-4-15(12)16/h1-10,17,20-21H,11H2. The Kier molecular flexibility index (Phi) is 3.79. The van der Waals surface area contributed by atoms with E-state index in [0.717, 1.165) is 22.0 Å². The molecule has 3 nitrogen and oxygen atoms in total. The molecule has 106 valence electrons. The number of aromatic nitrogens is 1. The number of aliphatic hydroxyl groups is 1. The molecule has 0 spiro atoms. The fourth-order valence-corrected chi connectivity index (χ4v) is 2.39. The number of benzene rings is 2. The highest BCUT2D eigenvalue weighted by atomic mass is 19.1. The minimum atomic E-state index is -0.297. The molecule has 2 aromatic carbocycles. The van der Waals surface area contributed by atoms with Gasteiger partial charge < -0.3 is 10.4 Å². The molecule has 0 amide bonds. The van der Waals surface area contributed by atoms with Crippen LogP contribution in [0.5, 0.6) is 0 Å². The van der Waals surface area contributed by atoms with Crippen LogP contribution in [-0.2, 0) is 0 Å². The van der Waals surface area contributed by atoms with Crippen LogP contribution in [0.25, 0.3) is 10.8 Å². The normalized spacial score (nSPS) is 12.3. The summed E-state index contributed by atoms with van der Waals surface area (Å²) in [6, 6.07) is 13.7. The summed E-state index contributed by atoms with van der Waals surface area (Å²) in [5.41, 5.74) is 1.67. The van der Waals surface area contributed by atoms with Crippen molar-refractivity contribution in [3.8, 4) is 0 Å². The van der Waals surface area contributed by atoms with Gasteiger partial charge in [-0.05, 0) is 29.7 Å². The Morgan fingerprint density at radius 3 is 2.57 bits per heavy atom. The van der Waals surface area contributed by atoms with Crippen LogP contribution >= 0.6 is 0 Å². The summed E-state index contributed by atoms with van der Waals surface area (Å²) in [6.07, 6.45) is 3.55. The number of halogens is 1. The van der Waals surface area contributed by atoms with E-state index in [2.05, 4.69) is 10.3 Å². The van der Waals surface area contributed by atoms with Crippen molar-refractivity contribution in [2.24, 2.45) is 0 Å². The molecule has 0 fully saturated rings. The number of hydrogen-bond donors (Lipinski definition) is 2. The first-order valence-corrected chi connectivity index (χ1v) is 6.73. The molecule has 0 aliphatic heterocycles. The predicted octanol–water partition coefficient (Wildman–Crippen LogP) is 3.52. The highest BCUT2D eigenvalue weighted by Gasteiger charge is 2.13. The van der Waals surface area contributed by atoms with E-state index in [4.69, 9.17) is 0 Å². The first-order chi connectivity index (χ1) is 10.3. The molecule has 21 heavy (non-hydrogen) atoms. The van der Waals surface area contributed by atoms with Crippen LogP contribution in [-0.4, -0.2) is 16.7 Å². The number of aliphatic hydroxyl groups excluding tert-OH is 1. The van der Waals surface area contributed by atoms with E-state index in [9.17, 15) is 9.50 Å². The topological polar surface area (TPSA) is 45.1 Å². The highest BCUT2D eigenvalue weighted by molar-refractivity contribution is 5.85. The lowest BCUT2D eigenvalue weighted by Crippen LogP contribution is -2.15. The summed E-state index contributed by atoms with van der Waals surface area (Å²) in [7, 11) is 0. The van der Waals surface area contributed by atoms with Crippen LogP contribution in [0, 0.1) is 5.82 Å². The third-order valence-corrected chi connectivity index (χ3v) is 3.44. The summed E-state index contributed by atoms with van der Waals surface area (Å²) in [4.78, 5) is 4.23. The third kappa shape index (κ3) is 2.85. The van der Waals surface area contributed by atoms with Crippen LogP contribution in [0.3, 0.4) is 0 Å². The summed E-state index contributed by atoms with van der Waals surface area (Å²) >= 11 is 0. The van der Waals surface area contributed by atoms with Crippen molar-refractivity contribution >= 4 is 16.5 Å². The van der Waals surface area contributed by atoms with Gasteiger partial charge in [0.15, 0.2) is 0 Å². The SMILES string of the molecule is OCC(Nc1ccc(F)cc1)c1cncc2ccccc12. The fraction of sp³-hybridized carbons (Fsp3) is 0.118. The monoisotopic (exact) mass is 282 g/mol. The molecule has 1 aromatic heterocycles. The van der Waals surface area contributed by atoms with Crippen molar-refractivity contribution in [2.75, 3.05) is 11.9 Å². The van der Waals surface area contributed by atoms with Crippen LogP contribution in [0.1, 0.15) is 11.6 Å². The number of nitrogens with one attached hydrogen (secondary N) is 1. The van der Waals surface area contributed by atoms with Crippen molar-refractivity contribution in [1.29, 1.82) is 0 Å². The van der Waals surface area contributed by atoms with Crippen LogP contribution in [0.2, 0.25) is 0 Å². The van der Waals surface area contributed by atoms with Gasteiger partial charge in [-0.1, -0.05) is 24.3 Å². The lowest BCUT2D eigenvalue weighted by Gasteiger charge is -2.19. The van der Waals surface area contributed by atoms with Gasteiger partial charge in [-0.2, -0.15) is 0 Å². The quantitative estimate of drug-likeness (QED) is 0.769. The smallest absolute Gasteiger partial charge is 0.123 e. The molecule has 3 aromatic rings. The van der Waals surface area contributed by atoms with Crippen molar-refractivity contribution in [1.82, 2.24) is 4.98 Å². The molecule has 0 saturated carbocycles. The van der Waals surface area contributed by atoms with Crippen LogP contribution in [0.4, 0.5) is 10.1 Å². The largest absolute Gasteiger partial charge is 0.394 e. The molecule has 2 N–H and O–H groups in total. The summed E-state index contributed by atoms with van der Waals surface area (Å²) in [5, 5.41) is 15.0. The lowest BCUT2D eigenvalue weighted by molar-refractivity contribution is 0.276. The van der Waals surface area contributed by atoms with Gasteiger partial charge in [0.1, 0.15) is 5.82 Å². The Labute approximate surface area is 122 Å². The molecular formula is C17H15FN2O. The number of anilines is 1. The predicted molar refractivity (Wildman–Crippen MR) is 81.6 cm³/mol. The Morgan fingerprint density at radius 2 is 1.81 bits per heavy atom. The van der Waals surface area contributed by atoms with Crippen molar-refractivity contribution in [2.45, 2.75) is 6.04 Å². The number of nitrogens with zero attached hydrogens (tertiary/aromatic N) is 1. The second-order valence-corrected chi connectivity index (χ2v) is 4.84. The van der Waals surface area contributed by atoms with Gasteiger partial charge in [0.2, 0.25) is 0 Å². The summed E-state index contributed by atoms with van der Waals surface area (Å²) < 4.78 is 13.0. The second-order valence-electron chi connectivity index (χ2n) is 4.84. The van der Waals surface area contributed by atoms with Gasteiger partial charge in [-0.25, -0.2) is 4.39 Å². The van der Waals surface area contributed by atoms with Gasteiger partial charge in [0.05, 0.1) is 12.6 Å². The van der Waals surface area contributed by atoms with Crippen molar-refractivity contribution < 1.29 is 9.50 Å². The Hall–Kier alpha value is -2.46. The minimum Gasteiger partial charge on any atom is -0.394 e. The van der Waals surface area contributed by atoms with E-state index in [0.29, 0.717) is 0 Å². The third-order valence-electron chi connectivity index (χ3n) is 3.44. The average molecular weight is 282 g/mol. The van der Waals surface area contributed by atoms with E-state index in [1.165, 1.54) is 12.1 Å². The van der Waals surface area contributed by atoms with Gasteiger partial charge in [0.25, 0.3) is 0 Å². The summed E-state index contributed by atoms with van der Waals surface area (Å²) in [6.45, 7) is -0.0763. The van der Waals surface area contributed by atoms with E-state index in [-0.39, 0.29) is 18.5 Å². The average Bonchev–Trinajstić information content (AvgIpc) is 2.54. The molecule has 0 aliphatic rings. The first kappa shape index (κ1) is 13.5. The summed E-state index contributed by atoms with van der Waals surface area (Å²) in [5.74, 6) is -0.284. The van der Waals surface area contributed by atoms with Gasteiger partial charge in [-0.3, -0.25) is 4.98 Å². The van der Waals surface area contributed by atoms with Crippen LogP contribution < -0.4 is 5.32 Å². The lowest BCUT2D eigenvalue weighted by atomic mass is 10.0. The Morgan fingerprint density at radius 1 is 1.05 bits per heavy atom. The van der Waals surface area contributed by atoms with Gasteiger partial charge >= 0.3 is 0 Å². The van der Waals surface area contributed by atoms with E-state index >= 15 is 0 Å². The highest BCUT2D eigenvalue weighted by Crippen LogP contribution is 2.26. The molecule has 4 heteroatoms. The first-order valence-electron chi connectivity index (χ1n) is 6.73. The molecule has 3 rings (SSSR count). The zero-order valence-corrected chi connectivity index (χ0v) is 11.3. The molecule has 0 saturated heterocycles. The molecule has 1 atom stereocenters.